The van der Waals surface area contributed by atoms with E-state index in [0.29, 0.717) is 0 Å². The Kier molecular flexibility index (Phi) is 6.97. The molecule has 0 saturated carbocycles. The normalized spacial score (nSPS) is 16.4. The predicted octanol–water partition coefficient (Wildman–Crippen LogP) is 13.2. The molecule has 0 fully saturated rings. The topological polar surface area (TPSA) is 4.93 Å². The van der Waals surface area contributed by atoms with Crippen molar-refractivity contribution in [2.75, 3.05) is 0 Å². The minimum Gasteiger partial charge on any atom is -0.309 e. The van der Waals surface area contributed by atoms with E-state index >= 15 is 0 Å². The number of hydrogen-bond donors (Lipinski definition) is 0. The van der Waals surface area contributed by atoms with Gasteiger partial charge in [0, 0.05) is 10.8 Å². The summed E-state index contributed by atoms with van der Waals surface area (Å²) in [5, 5.41) is 11.9. The molecule has 3 heterocycles. The highest BCUT2D eigenvalue weighted by Gasteiger charge is 2.51. The van der Waals surface area contributed by atoms with E-state index in [-0.39, 0.29) is 0 Å². The summed E-state index contributed by atoms with van der Waals surface area (Å²) in [5.41, 5.74) is 13.8. The molecule has 13 rings (SSSR count). The lowest BCUT2D eigenvalue weighted by Crippen LogP contribution is -2.47. The number of hydrogen-bond acceptors (Lipinski definition) is 0. The van der Waals surface area contributed by atoms with Gasteiger partial charge in [0.05, 0.1) is 22.1 Å². The van der Waals surface area contributed by atoms with Crippen molar-refractivity contribution < 1.29 is 0 Å². The average Bonchev–Trinajstić information content (AvgIpc) is 3.65. The summed E-state index contributed by atoms with van der Waals surface area (Å²) in [6, 6.07) is 82.4. The molecule has 0 aliphatic carbocycles. The van der Waals surface area contributed by atoms with Crippen molar-refractivity contribution in [1.82, 2.24) is 4.57 Å². The largest absolute Gasteiger partial charge is 0.309 e. The van der Waals surface area contributed by atoms with E-state index in [1.54, 1.807) is 0 Å². The minimum absolute atomic E-state index is 0.542. The van der Waals surface area contributed by atoms with Crippen LogP contribution in [-0.2, 0) is 5.41 Å². The average molecular weight is 766 g/mol. The molecule has 2 heteroatoms. The van der Waals surface area contributed by atoms with Crippen LogP contribution in [-0.4, -0.2) is 4.57 Å². The van der Waals surface area contributed by atoms with E-state index in [1.807, 2.05) is 0 Å². The number of fused-ring (bicyclic) bond motifs is 13. The van der Waals surface area contributed by atoms with Gasteiger partial charge in [0.15, 0.2) is 0 Å². The van der Waals surface area contributed by atoms with E-state index < -0.39 is 13.3 Å². The van der Waals surface area contributed by atoms with Crippen LogP contribution in [0.3, 0.4) is 0 Å². The quantitative estimate of drug-likeness (QED) is 0.125. The summed E-state index contributed by atoms with van der Waals surface area (Å²) in [4.78, 5) is 0. The molecule has 11 aromatic rings. The Bertz CT molecular complexity index is 3450. The van der Waals surface area contributed by atoms with E-state index in [0.717, 1.165) is 0 Å². The molecule has 1 aromatic heterocycles. The van der Waals surface area contributed by atoms with Crippen LogP contribution in [0.1, 0.15) is 22.3 Å². The van der Waals surface area contributed by atoms with Crippen molar-refractivity contribution in [2.45, 2.75) is 5.41 Å². The van der Waals surface area contributed by atoms with Gasteiger partial charge in [-0.05, 0) is 108 Å². The Morgan fingerprint density at radius 2 is 0.864 bits per heavy atom. The first-order valence-electron chi connectivity index (χ1n) is 20.5. The first-order chi connectivity index (χ1) is 29.3. The summed E-state index contributed by atoms with van der Waals surface area (Å²) < 4.78 is 2.54. The maximum absolute atomic E-state index is 2.59. The van der Waals surface area contributed by atoms with Crippen LogP contribution in [0.2, 0.25) is 0 Å². The van der Waals surface area contributed by atoms with Crippen LogP contribution in [0.4, 0.5) is 0 Å². The third-order valence-corrected chi connectivity index (χ3v) is 15.7. The zero-order valence-corrected chi connectivity index (χ0v) is 33.1. The van der Waals surface area contributed by atoms with Crippen LogP contribution < -0.4 is 15.9 Å². The Morgan fingerprint density at radius 1 is 0.339 bits per heavy atom. The maximum Gasteiger partial charge on any atom is 0.0755 e. The van der Waals surface area contributed by atoms with Gasteiger partial charge in [-0.2, -0.15) is 0 Å². The summed E-state index contributed by atoms with van der Waals surface area (Å²) in [5.74, 6) is 0. The van der Waals surface area contributed by atoms with Gasteiger partial charge in [0.2, 0.25) is 0 Å². The Hall–Kier alpha value is -7.05. The molecule has 1 unspecified atom stereocenters. The summed E-state index contributed by atoms with van der Waals surface area (Å²) in [6.07, 6.45) is 0. The monoisotopic (exact) mass is 765 g/mol. The molecular weight excluding hydrogens is 730 g/mol. The van der Waals surface area contributed by atoms with Crippen molar-refractivity contribution in [3.63, 3.8) is 0 Å². The molecular formula is C57H36NP. The van der Waals surface area contributed by atoms with Crippen molar-refractivity contribution in [1.29, 1.82) is 0 Å². The van der Waals surface area contributed by atoms with E-state index in [1.165, 1.54) is 109 Å². The fourth-order valence-electron chi connectivity index (χ4n) is 10.9. The van der Waals surface area contributed by atoms with E-state index in [2.05, 4.69) is 223 Å². The molecule has 59 heavy (non-hydrogen) atoms. The summed E-state index contributed by atoms with van der Waals surface area (Å²) in [7, 11) is -0.927. The molecule has 2 atom stereocenters. The maximum atomic E-state index is 2.59. The van der Waals surface area contributed by atoms with E-state index in [9.17, 15) is 0 Å². The van der Waals surface area contributed by atoms with Gasteiger partial charge >= 0.3 is 0 Å². The number of rotatable bonds is 3. The van der Waals surface area contributed by atoms with Gasteiger partial charge in [-0.1, -0.05) is 200 Å². The van der Waals surface area contributed by atoms with Gasteiger partial charge in [-0.25, -0.2) is 0 Å². The lowest BCUT2D eigenvalue weighted by molar-refractivity contribution is 0.734. The second-order valence-corrected chi connectivity index (χ2v) is 18.1. The standard InChI is InChI=1S/C57H36NP/c1-3-18-37(19-4-1)54-41-23-7-9-25-43(41)55(44-26-10-8-24-42(44)54)38-34-35-48-53(36-38)59(39-20-5-2-6-21-39)52-33-16-13-29-47(52)57(48)46-28-12-15-32-51(46)58-50-31-14-11-22-40(50)45-27-17-30-49(57)56(45)58/h1-36H/t57?,59-/m0/s1. The fraction of sp³-hybridized carbons (Fsp3) is 0.0175. The second kappa shape index (κ2) is 12.5. The Balaban J connectivity index is 1.19. The van der Waals surface area contributed by atoms with Crippen LogP contribution in [0.15, 0.2) is 218 Å². The molecule has 2 aliphatic heterocycles. The second-order valence-electron chi connectivity index (χ2n) is 15.9. The highest BCUT2D eigenvalue weighted by molar-refractivity contribution is 7.80. The van der Waals surface area contributed by atoms with Gasteiger partial charge in [-0.3, -0.25) is 0 Å². The van der Waals surface area contributed by atoms with Crippen molar-refractivity contribution in [2.24, 2.45) is 0 Å². The molecule has 0 bridgehead atoms. The lowest BCUT2D eigenvalue weighted by Gasteiger charge is -2.48. The molecule has 1 spiro atoms. The van der Waals surface area contributed by atoms with Crippen molar-refractivity contribution in [3.8, 4) is 27.9 Å². The third kappa shape index (κ3) is 4.38. The zero-order valence-electron chi connectivity index (χ0n) is 32.2. The van der Waals surface area contributed by atoms with Crippen LogP contribution in [0, 0.1) is 0 Å². The van der Waals surface area contributed by atoms with Crippen molar-refractivity contribution >= 4 is 67.2 Å². The van der Waals surface area contributed by atoms with Gasteiger partial charge in [0.25, 0.3) is 0 Å². The number of para-hydroxylation sites is 3. The first kappa shape index (κ1) is 33.0. The molecule has 1 nitrogen and oxygen atoms in total. The highest BCUT2D eigenvalue weighted by atomic mass is 31.1. The molecule has 0 saturated heterocycles. The number of benzene rings is 10. The Labute approximate surface area is 344 Å². The number of nitrogens with zero attached hydrogens (tertiary/aromatic N) is 1. The van der Waals surface area contributed by atoms with E-state index in [4.69, 9.17) is 0 Å². The smallest absolute Gasteiger partial charge is 0.0755 e. The van der Waals surface area contributed by atoms with Crippen molar-refractivity contribution in [3.05, 3.63) is 241 Å². The number of aromatic nitrogens is 1. The van der Waals surface area contributed by atoms with Gasteiger partial charge < -0.3 is 4.57 Å². The van der Waals surface area contributed by atoms with Crippen LogP contribution in [0.25, 0.3) is 71.3 Å². The van der Waals surface area contributed by atoms with Gasteiger partial charge in [-0.15, -0.1) is 0 Å². The highest BCUT2D eigenvalue weighted by Crippen LogP contribution is 2.59. The first-order valence-corrected chi connectivity index (χ1v) is 21.9. The lowest BCUT2D eigenvalue weighted by atomic mass is 9.62. The minimum atomic E-state index is -0.927. The SMILES string of the molecule is c1ccc(-c2c3ccccc3c(-c3ccc4c(c3)[P@@](c3ccccc3)c3ccccc3C43c4ccccc4-n4c5ccccc5c5cccc3c54)c3ccccc23)cc1. The molecule has 0 N–H and O–H groups in total. The van der Waals surface area contributed by atoms with Crippen LogP contribution in [0.5, 0.6) is 0 Å². The zero-order chi connectivity index (χ0) is 38.7. The summed E-state index contributed by atoms with van der Waals surface area (Å²) in [6.45, 7) is 0. The Morgan fingerprint density at radius 3 is 1.59 bits per heavy atom. The molecule has 0 radical (unpaired) electrons. The molecule has 10 aromatic carbocycles. The van der Waals surface area contributed by atoms with Gasteiger partial charge in [0.1, 0.15) is 0 Å². The summed E-state index contributed by atoms with van der Waals surface area (Å²) >= 11 is 0. The molecule has 0 amide bonds. The molecule has 274 valence electrons. The molecule has 2 aliphatic rings. The van der Waals surface area contributed by atoms with Crippen LogP contribution >= 0.6 is 7.92 Å². The third-order valence-electron chi connectivity index (χ3n) is 13.1. The predicted molar refractivity (Wildman–Crippen MR) is 251 cm³/mol. The fourth-order valence-corrected chi connectivity index (χ4v) is 13.7.